The number of nitrogens with zero attached hydrogens (tertiary/aromatic N) is 1. The summed E-state index contributed by atoms with van der Waals surface area (Å²) in [6.07, 6.45) is 0.608. The Bertz CT molecular complexity index is 578. The third-order valence-electron chi connectivity index (χ3n) is 3.59. The van der Waals surface area contributed by atoms with Crippen molar-refractivity contribution in [2.24, 2.45) is 10.9 Å². The number of nitrogens with one attached hydrogen (secondary N) is 3. The molecule has 6 nitrogen and oxygen atoms in total. The lowest BCUT2D eigenvalue weighted by Crippen LogP contribution is -2.42. The SMILES string of the molecule is CCNC(=NCC(CC)Oc1cccc(F)c1)NCCNC(=O)C(C)C. The minimum absolute atomic E-state index is 0.0258. The smallest absolute Gasteiger partial charge is 0.222 e. The average Bonchev–Trinajstić information content (AvgIpc) is 2.61. The lowest BCUT2D eigenvalue weighted by molar-refractivity contribution is -0.123. The van der Waals surface area contributed by atoms with E-state index in [2.05, 4.69) is 20.9 Å². The summed E-state index contributed by atoms with van der Waals surface area (Å²) in [4.78, 5) is 16.1. The molecule has 1 atom stereocenters. The maximum Gasteiger partial charge on any atom is 0.222 e. The number of ether oxygens (including phenoxy) is 1. The molecule has 1 aromatic carbocycles. The first-order valence-corrected chi connectivity index (χ1v) is 9.18. The number of guanidine groups is 1. The highest BCUT2D eigenvalue weighted by atomic mass is 19.1. The summed E-state index contributed by atoms with van der Waals surface area (Å²) in [5.41, 5.74) is 0. The predicted molar refractivity (Wildman–Crippen MR) is 103 cm³/mol. The quantitative estimate of drug-likeness (QED) is 0.337. The molecular formula is C19H31FN4O2. The van der Waals surface area contributed by atoms with Gasteiger partial charge in [-0.1, -0.05) is 26.8 Å². The monoisotopic (exact) mass is 366 g/mol. The standard InChI is InChI=1S/C19H31FN4O2/c1-5-16(26-17-9-7-8-15(20)12-17)13-24-19(21-6-2)23-11-10-22-18(25)14(3)4/h7-9,12,14,16H,5-6,10-11,13H2,1-4H3,(H,22,25)(H2,21,23,24). The van der Waals surface area contributed by atoms with Crippen molar-refractivity contribution >= 4 is 11.9 Å². The Morgan fingerprint density at radius 3 is 2.54 bits per heavy atom. The van der Waals surface area contributed by atoms with Gasteiger partial charge in [-0.15, -0.1) is 0 Å². The van der Waals surface area contributed by atoms with Crippen molar-refractivity contribution in [1.82, 2.24) is 16.0 Å². The highest BCUT2D eigenvalue weighted by Crippen LogP contribution is 2.15. The van der Waals surface area contributed by atoms with Gasteiger partial charge in [0.2, 0.25) is 5.91 Å². The molecule has 0 radical (unpaired) electrons. The molecule has 0 aromatic heterocycles. The zero-order chi connectivity index (χ0) is 19.4. The van der Waals surface area contributed by atoms with Crippen molar-refractivity contribution < 1.29 is 13.9 Å². The van der Waals surface area contributed by atoms with Gasteiger partial charge in [0.05, 0.1) is 6.54 Å². The normalized spacial score (nSPS) is 12.6. The Hall–Kier alpha value is -2.31. The van der Waals surface area contributed by atoms with Crippen LogP contribution in [-0.4, -0.2) is 44.1 Å². The Labute approximate surface area is 155 Å². The molecule has 1 unspecified atom stereocenters. The van der Waals surface area contributed by atoms with Crippen LogP contribution in [0.2, 0.25) is 0 Å². The minimum Gasteiger partial charge on any atom is -0.488 e. The van der Waals surface area contributed by atoms with Gasteiger partial charge in [-0.25, -0.2) is 9.38 Å². The minimum atomic E-state index is -0.320. The molecule has 1 rings (SSSR count). The van der Waals surface area contributed by atoms with Crippen LogP contribution in [0.1, 0.15) is 34.1 Å². The van der Waals surface area contributed by atoms with Gasteiger partial charge < -0.3 is 20.7 Å². The molecule has 0 spiro atoms. The van der Waals surface area contributed by atoms with Crippen molar-refractivity contribution in [3.63, 3.8) is 0 Å². The summed E-state index contributed by atoms with van der Waals surface area (Å²) >= 11 is 0. The van der Waals surface area contributed by atoms with E-state index < -0.39 is 0 Å². The summed E-state index contributed by atoms with van der Waals surface area (Å²) in [5, 5.41) is 9.18. The second-order valence-corrected chi connectivity index (χ2v) is 6.20. The number of benzene rings is 1. The summed E-state index contributed by atoms with van der Waals surface area (Å²) in [6, 6.07) is 6.11. The maximum atomic E-state index is 13.3. The third kappa shape index (κ3) is 8.69. The van der Waals surface area contributed by atoms with E-state index in [1.54, 1.807) is 12.1 Å². The van der Waals surface area contributed by atoms with E-state index in [-0.39, 0.29) is 23.7 Å². The molecule has 0 saturated heterocycles. The molecular weight excluding hydrogens is 335 g/mol. The molecule has 3 N–H and O–H groups in total. The molecule has 0 aliphatic rings. The largest absolute Gasteiger partial charge is 0.488 e. The zero-order valence-corrected chi connectivity index (χ0v) is 16.1. The van der Waals surface area contributed by atoms with Gasteiger partial charge in [-0.3, -0.25) is 4.79 Å². The van der Waals surface area contributed by atoms with Crippen LogP contribution in [0.4, 0.5) is 4.39 Å². The average molecular weight is 366 g/mol. The van der Waals surface area contributed by atoms with Gasteiger partial charge >= 0.3 is 0 Å². The van der Waals surface area contributed by atoms with E-state index in [4.69, 9.17) is 4.74 Å². The van der Waals surface area contributed by atoms with E-state index in [0.29, 0.717) is 31.3 Å². The number of hydrogen-bond acceptors (Lipinski definition) is 3. The highest BCUT2D eigenvalue weighted by Gasteiger charge is 2.09. The second kappa shape index (κ2) is 12.1. The topological polar surface area (TPSA) is 74.8 Å². The Kier molecular flexibility index (Phi) is 10.1. The van der Waals surface area contributed by atoms with E-state index in [9.17, 15) is 9.18 Å². The number of hydrogen-bond donors (Lipinski definition) is 3. The number of rotatable bonds is 10. The van der Waals surface area contributed by atoms with Crippen LogP contribution < -0.4 is 20.7 Å². The number of carbonyl (C=O) groups excluding carboxylic acids is 1. The summed E-state index contributed by atoms with van der Waals surface area (Å²) in [7, 11) is 0. The fourth-order valence-corrected chi connectivity index (χ4v) is 2.09. The Morgan fingerprint density at radius 2 is 1.92 bits per heavy atom. The molecule has 1 amide bonds. The van der Waals surface area contributed by atoms with Gasteiger partial charge in [0.25, 0.3) is 0 Å². The molecule has 26 heavy (non-hydrogen) atoms. The Morgan fingerprint density at radius 1 is 1.19 bits per heavy atom. The van der Waals surface area contributed by atoms with Crippen LogP contribution in [0.25, 0.3) is 0 Å². The summed E-state index contributed by atoms with van der Waals surface area (Å²) < 4.78 is 19.1. The van der Waals surface area contributed by atoms with Crippen LogP contribution in [-0.2, 0) is 4.79 Å². The fourth-order valence-electron chi connectivity index (χ4n) is 2.09. The van der Waals surface area contributed by atoms with E-state index in [0.717, 1.165) is 13.0 Å². The van der Waals surface area contributed by atoms with Crippen molar-refractivity contribution in [1.29, 1.82) is 0 Å². The third-order valence-corrected chi connectivity index (χ3v) is 3.59. The van der Waals surface area contributed by atoms with Crippen molar-refractivity contribution in [2.45, 2.75) is 40.2 Å². The van der Waals surface area contributed by atoms with E-state index >= 15 is 0 Å². The Balaban J connectivity index is 2.50. The van der Waals surface area contributed by atoms with Gasteiger partial charge in [0, 0.05) is 31.6 Å². The lowest BCUT2D eigenvalue weighted by Gasteiger charge is -2.17. The maximum absolute atomic E-state index is 13.3. The molecule has 0 saturated carbocycles. The van der Waals surface area contributed by atoms with Gasteiger partial charge in [-0.2, -0.15) is 0 Å². The zero-order valence-electron chi connectivity index (χ0n) is 16.1. The van der Waals surface area contributed by atoms with Gasteiger partial charge in [-0.05, 0) is 25.5 Å². The molecule has 0 aliphatic carbocycles. The van der Waals surface area contributed by atoms with Crippen LogP contribution in [0.3, 0.4) is 0 Å². The first-order valence-electron chi connectivity index (χ1n) is 9.18. The van der Waals surface area contributed by atoms with E-state index in [1.807, 2.05) is 27.7 Å². The summed E-state index contributed by atoms with van der Waals surface area (Å²) in [6.45, 7) is 9.98. The number of carbonyl (C=O) groups is 1. The van der Waals surface area contributed by atoms with Crippen LogP contribution in [0, 0.1) is 11.7 Å². The van der Waals surface area contributed by atoms with Crippen LogP contribution in [0.5, 0.6) is 5.75 Å². The number of aliphatic imine (C=N–C) groups is 1. The van der Waals surface area contributed by atoms with Gasteiger partial charge in [0.15, 0.2) is 5.96 Å². The first kappa shape index (κ1) is 21.7. The second-order valence-electron chi connectivity index (χ2n) is 6.20. The molecule has 0 fully saturated rings. The highest BCUT2D eigenvalue weighted by molar-refractivity contribution is 5.80. The van der Waals surface area contributed by atoms with Crippen molar-refractivity contribution in [3.8, 4) is 5.75 Å². The van der Waals surface area contributed by atoms with Crippen LogP contribution in [0.15, 0.2) is 29.3 Å². The molecule has 0 aliphatic heterocycles. The fraction of sp³-hybridized carbons (Fsp3) is 0.579. The predicted octanol–water partition coefficient (Wildman–Crippen LogP) is 2.31. The number of halogens is 1. The van der Waals surface area contributed by atoms with Gasteiger partial charge in [0.1, 0.15) is 17.7 Å². The number of amides is 1. The first-order chi connectivity index (χ1) is 12.5. The molecule has 7 heteroatoms. The van der Waals surface area contributed by atoms with E-state index in [1.165, 1.54) is 12.1 Å². The summed E-state index contributed by atoms with van der Waals surface area (Å²) in [5.74, 6) is 0.846. The van der Waals surface area contributed by atoms with Crippen molar-refractivity contribution in [2.75, 3.05) is 26.2 Å². The van der Waals surface area contributed by atoms with Crippen LogP contribution >= 0.6 is 0 Å². The molecule has 0 heterocycles. The van der Waals surface area contributed by atoms with Crippen molar-refractivity contribution in [3.05, 3.63) is 30.1 Å². The molecule has 1 aromatic rings. The molecule has 0 bridgehead atoms. The molecule has 146 valence electrons. The lowest BCUT2D eigenvalue weighted by atomic mass is 10.2.